The van der Waals surface area contributed by atoms with Crippen molar-refractivity contribution in [2.45, 2.75) is 44.6 Å². The topological polar surface area (TPSA) is 73.5 Å². The Hall–Kier alpha value is -0.850. The van der Waals surface area contributed by atoms with Gasteiger partial charge in [-0.15, -0.1) is 12.4 Å². The third-order valence-corrected chi connectivity index (χ3v) is 4.42. The summed E-state index contributed by atoms with van der Waals surface area (Å²) in [6.07, 6.45) is 6.75. The summed E-state index contributed by atoms with van der Waals surface area (Å²) in [5.41, 5.74) is 0. The molecule has 1 saturated carbocycles. The maximum absolute atomic E-state index is 11.9. The van der Waals surface area contributed by atoms with E-state index in [0.717, 1.165) is 38.9 Å². The highest BCUT2D eigenvalue weighted by Crippen LogP contribution is 2.17. The molecule has 0 aromatic heterocycles. The minimum atomic E-state index is -0.335. The molecule has 6 nitrogen and oxygen atoms in total. The zero-order valence-electron chi connectivity index (χ0n) is 13.4. The Morgan fingerprint density at radius 3 is 2.55 bits per heavy atom. The summed E-state index contributed by atoms with van der Waals surface area (Å²) in [5.74, 6) is 0.410. The largest absolute Gasteiger partial charge is 0.335 e. The average Bonchev–Trinajstić information content (AvgIpc) is 2.87. The molecule has 3 amide bonds. The fourth-order valence-electron chi connectivity index (χ4n) is 3.35. The molecule has 1 aliphatic heterocycles. The van der Waals surface area contributed by atoms with Crippen molar-refractivity contribution in [3.63, 3.8) is 0 Å². The molecule has 0 aromatic rings. The Labute approximate surface area is 139 Å². The summed E-state index contributed by atoms with van der Waals surface area (Å²) in [7, 11) is 1.95. The van der Waals surface area contributed by atoms with Gasteiger partial charge in [-0.2, -0.15) is 0 Å². The third-order valence-electron chi connectivity index (χ3n) is 4.42. The second kappa shape index (κ2) is 10.0. The van der Waals surface area contributed by atoms with Crippen molar-refractivity contribution in [2.24, 2.45) is 5.92 Å². The number of urea groups is 1. The lowest BCUT2D eigenvalue weighted by atomic mass is 9.96. The van der Waals surface area contributed by atoms with Crippen LogP contribution in [0.4, 0.5) is 4.79 Å². The van der Waals surface area contributed by atoms with E-state index in [1.54, 1.807) is 0 Å². The number of hydrogen-bond donors (Lipinski definition) is 3. The lowest BCUT2D eigenvalue weighted by Gasteiger charge is -2.23. The Balaban J connectivity index is 0.00000242. The van der Waals surface area contributed by atoms with E-state index in [9.17, 15) is 9.59 Å². The number of nitrogens with one attached hydrogen (secondary N) is 3. The second-order valence-electron chi connectivity index (χ2n) is 6.30. The number of halogens is 1. The molecule has 1 heterocycles. The van der Waals surface area contributed by atoms with Gasteiger partial charge in [0.1, 0.15) is 0 Å². The molecule has 2 aliphatic rings. The van der Waals surface area contributed by atoms with Gasteiger partial charge < -0.3 is 10.6 Å². The SMILES string of the molecule is CNCC1CCN(CC(=O)NC(=O)NC2CCCCC2)C1.Cl. The summed E-state index contributed by atoms with van der Waals surface area (Å²) in [5, 5.41) is 8.53. The van der Waals surface area contributed by atoms with Gasteiger partial charge in [-0.1, -0.05) is 19.3 Å². The number of rotatable bonds is 5. The predicted molar refractivity (Wildman–Crippen MR) is 89.3 cm³/mol. The first kappa shape index (κ1) is 19.2. The molecule has 0 bridgehead atoms. The minimum Gasteiger partial charge on any atom is -0.335 e. The monoisotopic (exact) mass is 332 g/mol. The van der Waals surface area contributed by atoms with Crippen molar-refractivity contribution < 1.29 is 9.59 Å². The van der Waals surface area contributed by atoms with E-state index in [2.05, 4.69) is 20.9 Å². The van der Waals surface area contributed by atoms with Crippen molar-refractivity contribution in [1.29, 1.82) is 0 Å². The van der Waals surface area contributed by atoms with Crippen LogP contribution in [0.3, 0.4) is 0 Å². The van der Waals surface area contributed by atoms with Crippen LogP contribution in [0.15, 0.2) is 0 Å². The van der Waals surface area contributed by atoms with Crippen molar-refractivity contribution >= 4 is 24.3 Å². The van der Waals surface area contributed by atoms with Gasteiger partial charge in [0.2, 0.25) is 5.91 Å². The summed E-state index contributed by atoms with van der Waals surface area (Å²) in [4.78, 5) is 25.8. The van der Waals surface area contributed by atoms with E-state index in [4.69, 9.17) is 0 Å². The van der Waals surface area contributed by atoms with Crippen LogP contribution in [-0.2, 0) is 4.79 Å². The third kappa shape index (κ3) is 6.50. The molecule has 1 saturated heterocycles. The maximum atomic E-state index is 11.9. The first-order valence-corrected chi connectivity index (χ1v) is 8.14. The summed E-state index contributed by atoms with van der Waals surface area (Å²) >= 11 is 0. The number of likely N-dealkylation sites (tertiary alicyclic amines) is 1. The highest BCUT2D eigenvalue weighted by molar-refractivity contribution is 5.95. The van der Waals surface area contributed by atoms with E-state index in [-0.39, 0.29) is 30.4 Å². The molecule has 2 fully saturated rings. The second-order valence-corrected chi connectivity index (χ2v) is 6.30. The van der Waals surface area contributed by atoms with Gasteiger partial charge in [-0.3, -0.25) is 15.0 Å². The number of amides is 3. The van der Waals surface area contributed by atoms with Gasteiger partial charge in [-0.05, 0) is 45.3 Å². The number of hydrogen-bond acceptors (Lipinski definition) is 4. The number of carbonyl (C=O) groups is 2. The Morgan fingerprint density at radius 2 is 1.86 bits per heavy atom. The van der Waals surface area contributed by atoms with Crippen molar-refractivity contribution in [1.82, 2.24) is 20.9 Å². The maximum Gasteiger partial charge on any atom is 0.321 e. The van der Waals surface area contributed by atoms with E-state index in [1.165, 1.54) is 19.3 Å². The van der Waals surface area contributed by atoms with Gasteiger partial charge in [-0.25, -0.2) is 4.79 Å². The fraction of sp³-hybridized carbons (Fsp3) is 0.867. The molecule has 7 heteroatoms. The van der Waals surface area contributed by atoms with Crippen LogP contribution in [0.1, 0.15) is 38.5 Å². The van der Waals surface area contributed by atoms with E-state index < -0.39 is 0 Å². The first-order valence-electron chi connectivity index (χ1n) is 8.14. The minimum absolute atomic E-state index is 0. The molecule has 1 atom stereocenters. The molecule has 0 aromatic carbocycles. The molecule has 1 unspecified atom stereocenters. The highest BCUT2D eigenvalue weighted by Gasteiger charge is 2.24. The first-order chi connectivity index (χ1) is 10.2. The van der Waals surface area contributed by atoms with Crippen molar-refractivity contribution in [3.05, 3.63) is 0 Å². The van der Waals surface area contributed by atoms with Gasteiger partial charge >= 0.3 is 6.03 Å². The van der Waals surface area contributed by atoms with Gasteiger partial charge in [0.05, 0.1) is 6.54 Å². The van der Waals surface area contributed by atoms with E-state index >= 15 is 0 Å². The lowest BCUT2D eigenvalue weighted by molar-refractivity contribution is -0.120. The molecular weight excluding hydrogens is 304 g/mol. The highest BCUT2D eigenvalue weighted by atomic mass is 35.5. The van der Waals surface area contributed by atoms with Crippen molar-refractivity contribution in [3.8, 4) is 0 Å². The zero-order valence-corrected chi connectivity index (χ0v) is 14.2. The molecule has 0 spiro atoms. The summed E-state index contributed by atoms with van der Waals surface area (Å²) in [6.45, 7) is 3.17. The molecule has 0 radical (unpaired) electrons. The molecule has 22 heavy (non-hydrogen) atoms. The lowest BCUT2D eigenvalue weighted by Crippen LogP contribution is -2.47. The van der Waals surface area contributed by atoms with Crippen LogP contribution in [-0.4, -0.2) is 56.1 Å². The van der Waals surface area contributed by atoms with E-state index in [0.29, 0.717) is 12.5 Å². The van der Waals surface area contributed by atoms with Crippen LogP contribution in [0.25, 0.3) is 0 Å². The van der Waals surface area contributed by atoms with Crippen LogP contribution >= 0.6 is 12.4 Å². The fourth-order valence-corrected chi connectivity index (χ4v) is 3.35. The number of nitrogens with zero attached hydrogens (tertiary/aromatic N) is 1. The number of carbonyl (C=O) groups excluding carboxylic acids is 2. The van der Waals surface area contributed by atoms with Crippen LogP contribution in [0.5, 0.6) is 0 Å². The van der Waals surface area contributed by atoms with Crippen LogP contribution in [0, 0.1) is 5.92 Å². The van der Waals surface area contributed by atoms with E-state index in [1.807, 2.05) is 7.05 Å². The molecule has 3 N–H and O–H groups in total. The Kier molecular flexibility index (Phi) is 8.75. The van der Waals surface area contributed by atoms with Gasteiger partial charge in [0, 0.05) is 12.6 Å². The Bertz CT molecular complexity index is 361. The smallest absolute Gasteiger partial charge is 0.321 e. The number of imide groups is 1. The normalized spacial score (nSPS) is 22.9. The van der Waals surface area contributed by atoms with Crippen LogP contribution < -0.4 is 16.0 Å². The summed E-state index contributed by atoms with van der Waals surface area (Å²) < 4.78 is 0. The molecule has 128 valence electrons. The molecule has 2 rings (SSSR count). The molecular formula is C15H29ClN4O2. The van der Waals surface area contributed by atoms with Crippen LogP contribution in [0.2, 0.25) is 0 Å². The van der Waals surface area contributed by atoms with Gasteiger partial charge in [0.15, 0.2) is 0 Å². The summed E-state index contributed by atoms with van der Waals surface area (Å²) in [6, 6.07) is -0.101. The predicted octanol–water partition coefficient (Wildman–Crippen LogP) is 1.11. The van der Waals surface area contributed by atoms with Gasteiger partial charge in [0.25, 0.3) is 0 Å². The zero-order chi connectivity index (χ0) is 15.1. The quantitative estimate of drug-likeness (QED) is 0.705. The average molecular weight is 333 g/mol. The molecule has 1 aliphatic carbocycles. The van der Waals surface area contributed by atoms with Crippen molar-refractivity contribution in [2.75, 3.05) is 33.2 Å². The Morgan fingerprint density at radius 1 is 1.14 bits per heavy atom. The standard InChI is InChI=1S/C15H28N4O2.ClH/c1-16-9-12-7-8-19(10-12)11-14(20)18-15(21)17-13-5-3-2-4-6-13;/h12-13,16H,2-11H2,1H3,(H2,17,18,20,21);1H.